The van der Waals surface area contributed by atoms with Gasteiger partial charge in [0.05, 0.1) is 17.5 Å². The van der Waals surface area contributed by atoms with Gasteiger partial charge in [-0.15, -0.1) is 0 Å². The van der Waals surface area contributed by atoms with Gasteiger partial charge in [0.2, 0.25) is 5.91 Å². The molecule has 0 aliphatic carbocycles. The van der Waals surface area contributed by atoms with Gasteiger partial charge in [0.1, 0.15) is 5.92 Å². The van der Waals surface area contributed by atoms with E-state index < -0.39 is 5.92 Å². The van der Waals surface area contributed by atoms with E-state index in [-0.39, 0.29) is 5.91 Å². The summed E-state index contributed by atoms with van der Waals surface area (Å²) in [5.74, 6) is -1.01. The first kappa shape index (κ1) is 14.7. The largest absolute Gasteiger partial charge is 0.323 e. The monoisotopic (exact) mass is 279 g/mol. The van der Waals surface area contributed by atoms with Crippen LogP contribution in [0.15, 0.2) is 42.5 Å². The van der Waals surface area contributed by atoms with Crippen LogP contribution >= 0.6 is 0 Å². The zero-order chi connectivity index (χ0) is 15.2. The molecule has 106 valence electrons. The van der Waals surface area contributed by atoms with Gasteiger partial charge >= 0.3 is 0 Å². The van der Waals surface area contributed by atoms with E-state index in [2.05, 4.69) is 16.4 Å². The SMILES string of the molecule is Cc1ccc(NC(=O)C(C#N)Cc2ccccc2)c(C)n1. The Kier molecular flexibility index (Phi) is 4.68. The molecule has 1 N–H and O–H groups in total. The summed E-state index contributed by atoms with van der Waals surface area (Å²) in [5, 5.41) is 12.0. The molecule has 21 heavy (non-hydrogen) atoms. The van der Waals surface area contributed by atoms with Crippen molar-refractivity contribution in [2.45, 2.75) is 20.3 Å². The van der Waals surface area contributed by atoms with E-state index in [1.165, 1.54) is 0 Å². The lowest BCUT2D eigenvalue weighted by molar-refractivity contribution is -0.118. The highest BCUT2D eigenvalue weighted by Gasteiger charge is 2.19. The van der Waals surface area contributed by atoms with Crippen LogP contribution in [0.25, 0.3) is 0 Å². The Morgan fingerprint density at radius 2 is 1.95 bits per heavy atom. The second-order valence-corrected chi connectivity index (χ2v) is 4.95. The average molecular weight is 279 g/mol. The number of carbonyl (C=O) groups is 1. The Morgan fingerprint density at radius 1 is 1.24 bits per heavy atom. The summed E-state index contributed by atoms with van der Waals surface area (Å²) in [6, 6.07) is 15.2. The number of hydrogen-bond acceptors (Lipinski definition) is 3. The highest BCUT2D eigenvalue weighted by Crippen LogP contribution is 2.15. The summed E-state index contributed by atoms with van der Waals surface area (Å²) in [4.78, 5) is 16.5. The smallest absolute Gasteiger partial charge is 0.242 e. The summed E-state index contributed by atoms with van der Waals surface area (Å²) < 4.78 is 0. The summed E-state index contributed by atoms with van der Waals surface area (Å²) in [7, 11) is 0. The standard InChI is InChI=1S/C17H17N3O/c1-12-8-9-16(13(2)19-12)20-17(21)15(11-18)10-14-6-4-3-5-7-14/h3-9,15H,10H2,1-2H3,(H,20,21). The molecule has 0 radical (unpaired) electrons. The van der Waals surface area contributed by atoms with Gasteiger partial charge < -0.3 is 5.32 Å². The van der Waals surface area contributed by atoms with E-state index in [1.54, 1.807) is 0 Å². The van der Waals surface area contributed by atoms with Crippen molar-refractivity contribution in [1.29, 1.82) is 5.26 Å². The zero-order valence-electron chi connectivity index (χ0n) is 12.1. The molecule has 2 rings (SSSR count). The van der Waals surface area contributed by atoms with E-state index in [4.69, 9.17) is 0 Å². The van der Waals surface area contributed by atoms with Crippen LogP contribution in [0.4, 0.5) is 5.69 Å². The molecule has 0 bridgehead atoms. The lowest BCUT2D eigenvalue weighted by atomic mass is 10.00. The molecule has 1 aromatic heterocycles. The van der Waals surface area contributed by atoms with Gasteiger partial charge in [0.25, 0.3) is 0 Å². The van der Waals surface area contributed by atoms with Gasteiger partial charge in [-0.1, -0.05) is 30.3 Å². The molecule has 0 saturated carbocycles. The molecular weight excluding hydrogens is 262 g/mol. The summed E-state index contributed by atoms with van der Waals surface area (Å²) >= 11 is 0. The number of nitriles is 1. The number of aromatic nitrogens is 1. The van der Waals surface area contributed by atoms with E-state index in [0.29, 0.717) is 12.1 Å². The van der Waals surface area contributed by atoms with Crippen molar-refractivity contribution in [1.82, 2.24) is 4.98 Å². The molecule has 1 unspecified atom stereocenters. The molecule has 4 heteroatoms. The number of pyridine rings is 1. The molecule has 1 aromatic carbocycles. The fourth-order valence-electron chi connectivity index (χ4n) is 2.09. The van der Waals surface area contributed by atoms with Crippen LogP contribution in [0.1, 0.15) is 17.0 Å². The number of nitrogens with zero attached hydrogens (tertiary/aromatic N) is 2. The second kappa shape index (κ2) is 6.67. The minimum absolute atomic E-state index is 0.296. The van der Waals surface area contributed by atoms with E-state index in [1.807, 2.05) is 56.3 Å². The Morgan fingerprint density at radius 3 is 2.57 bits per heavy atom. The van der Waals surface area contributed by atoms with E-state index in [9.17, 15) is 10.1 Å². The predicted octanol–water partition coefficient (Wildman–Crippen LogP) is 3.02. The van der Waals surface area contributed by atoms with Crippen LogP contribution in [-0.2, 0) is 11.2 Å². The van der Waals surface area contributed by atoms with Crippen LogP contribution in [0.2, 0.25) is 0 Å². The predicted molar refractivity (Wildman–Crippen MR) is 81.6 cm³/mol. The third-order valence-corrected chi connectivity index (χ3v) is 3.24. The van der Waals surface area contributed by atoms with Crippen molar-refractivity contribution in [2.24, 2.45) is 5.92 Å². The van der Waals surface area contributed by atoms with Crippen molar-refractivity contribution in [3.05, 3.63) is 59.4 Å². The third kappa shape index (κ3) is 3.90. The number of amides is 1. The molecule has 1 amide bonds. The van der Waals surface area contributed by atoms with Crippen molar-refractivity contribution in [3.63, 3.8) is 0 Å². The number of carbonyl (C=O) groups excluding carboxylic acids is 1. The lowest BCUT2D eigenvalue weighted by Crippen LogP contribution is -2.24. The average Bonchev–Trinajstić information content (AvgIpc) is 2.48. The molecule has 0 aliphatic rings. The Bertz CT molecular complexity index is 674. The Labute approximate surface area is 124 Å². The van der Waals surface area contributed by atoms with Crippen LogP contribution in [0.3, 0.4) is 0 Å². The normalized spacial score (nSPS) is 11.5. The van der Waals surface area contributed by atoms with Crippen LogP contribution < -0.4 is 5.32 Å². The van der Waals surface area contributed by atoms with Crippen molar-refractivity contribution < 1.29 is 4.79 Å². The number of hydrogen-bond donors (Lipinski definition) is 1. The fraction of sp³-hybridized carbons (Fsp3) is 0.235. The highest BCUT2D eigenvalue weighted by atomic mass is 16.1. The molecule has 2 aromatic rings. The number of aryl methyl sites for hydroxylation is 2. The van der Waals surface area contributed by atoms with Gasteiger partial charge in [-0.05, 0) is 38.0 Å². The maximum atomic E-state index is 12.2. The van der Waals surface area contributed by atoms with Crippen molar-refractivity contribution in [2.75, 3.05) is 5.32 Å². The molecule has 4 nitrogen and oxygen atoms in total. The van der Waals surface area contributed by atoms with E-state index >= 15 is 0 Å². The zero-order valence-corrected chi connectivity index (χ0v) is 12.1. The molecule has 0 aliphatic heterocycles. The van der Waals surface area contributed by atoms with Gasteiger partial charge in [-0.25, -0.2) is 0 Å². The molecular formula is C17H17N3O. The van der Waals surface area contributed by atoms with Gasteiger partial charge in [-0.3, -0.25) is 9.78 Å². The van der Waals surface area contributed by atoms with Gasteiger partial charge in [0, 0.05) is 5.69 Å². The first-order valence-electron chi connectivity index (χ1n) is 6.79. The summed E-state index contributed by atoms with van der Waals surface area (Å²) in [5.41, 5.74) is 3.27. The minimum atomic E-state index is -0.715. The summed E-state index contributed by atoms with van der Waals surface area (Å²) in [6.45, 7) is 3.73. The molecule has 1 heterocycles. The van der Waals surface area contributed by atoms with Crippen molar-refractivity contribution in [3.8, 4) is 6.07 Å². The quantitative estimate of drug-likeness (QED) is 0.935. The number of rotatable bonds is 4. The molecule has 0 spiro atoms. The van der Waals surface area contributed by atoms with Crippen LogP contribution in [0.5, 0.6) is 0 Å². The minimum Gasteiger partial charge on any atom is -0.323 e. The maximum absolute atomic E-state index is 12.2. The van der Waals surface area contributed by atoms with Gasteiger partial charge in [-0.2, -0.15) is 5.26 Å². The van der Waals surface area contributed by atoms with Gasteiger partial charge in [0.15, 0.2) is 0 Å². The first-order valence-corrected chi connectivity index (χ1v) is 6.79. The number of nitrogens with one attached hydrogen (secondary N) is 1. The Balaban J connectivity index is 2.09. The van der Waals surface area contributed by atoms with E-state index in [0.717, 1.165) is 17.0 Å². The maximum Gasteiger partial charge on any atom is 0.242 e. The highest BCUT2D eigenvalue weighted by molar-refractivity contribution is 5.94. The summed E-state index contributed by atoms with van der Waals surface area (Å²) in [6.07, 6.45) is 0.404. The first-order chi connectivity index (χ1) is 10.1. The van der Waals surface area contributed by atoms with Crippen LogP contribution in [-0.4, -0.2) is 10.9 Å². The molecule has 0 fully saturated rings. The third-order valence-electron chi connectivity index (χ3n) is 3.24. The number of anilines is 1. The molecule has 0 saturated heterocycles. The fourth-order valence-corrected chi connectivity index (χ4v) is 2.09. The Hall–Kier alpha value is -2.67. The van der Waals surface area contributed by atoms with Crippen LogP contribution in [0, 0.1) is 31.1 Å². The number of benzene rings is 1. The van der Waals surface area contributed by atoms with Crippen molar-refractivity contribution >= 4 is 11.6 Å². The molecule has 1 atom stereocenters. The topological polar surface area (TPSA) is 65.8 Å². The lowest BCUT2D eigenvalue weighted by Gasteiger charge is -2.12. The second-order valence-electron chi connectivity index (χ2n) is 4.95.